The third-order valence-corrected chi connectivity index (χ3v) is 4.09. The maximum absolute atomic E-state index is 5.51. The topological polar surface area (TPSA) is 47.1 Å². The van der Waals surface area contributed by atoms with Gasteiger partial charge in [-0.3, -0.25) is 9.58 Å². The zero-order chi connectivity index (χ0) is 15.0. The monoisotopic (exact) mass is 288 g/mol. The van der Waals surface area contributed by atoms with Crippen molar-refractivity contribution in [3.05, 3.63) is 35.3 Å². The Kier molecular flexibility index (Phi) is 3.85. The van der Waals surface area contributed by atoms with Crippen molar-refractivity contribution < 1.29 is 4.42 Å². The molecule has 0 amide bonds. The van der Waals surface area contributed by atoms with E-state index in [1.165, 1.54) is 5.69 Å². The Morgan fingerprint density at radius 1 is 1.38 bits per heavy atom. The first-order valence-corrected chi connectivity index (χ1v) is 7.72. The molecule has 3 rings (SSSR count). The number of hydrogen-bond acceptors (Lipinski definition) is 4. The van der Waals surface area contributed by atoms with Gasteiger partial charge in [0.15, 0.2) is 5.89 Å². The van der Waals surface area contributed by atoms with Crippen LogP contribution < -0.4 is 0 Å². The van der Waals surface area contributed by atoms with E-state index in [0.717, 1.165) is 43.3 Å². The minimum Gasteiger partial charge on any atom is -0.448 e. The van der Waals surface area contributed by atoms with Crippen LogP contribution in [-0.2, 0) is 6.54 Å². The Balaban J connectivity index is 1.63. The molecule has 5 heteroatoms. The maximum Gasteiger partial charge on any atom is 0.196 e. The molecular formula is C16H24N4O. The van der Waals surface area contributed by atoms with Crippen LogP contribution in [0.4, 0.5) is 0 Å². The highest BCUT2D eigenvalue weighted by molar-refractivity contribution is 5.08. The molecule has 21 heavy (non-hydrogen) atoms. The van der Waals surface area contributed by atoms with E-state index in [0.29, 0.717) is 12.0 Å². The van der Waals surface area contributed by atoms with Crippen LogP contribution >= 0.6 is 0 Å². The zero-order valence-electron chi connectivity index (χ0n) is 13.3. The summed E-state index contributed by atoms with van der Waals surface area (Å²) < 4.78 is 7.69. The molecule has 1 saturated heterocycles. The summed E-state index contributed by atoms with van der Waals surface area (Å²) in [5.74, 6) is 1.18. The molecule has 0 aromatic carbocycles. The molecule has 1 atom stereocenters. The van der Waals surface area contributed by atoms with Gasteiger partial charge in [-0.05, 0) is 26.3 Å². The fourth-order valence-electron chi connectivity index (χ4n) is 3.06. The van der Waals surface area contributed by atoms with E-state index >= 15 is 0 Å². The van der Waals surface area contributed by atoms with Crippen LogP contribution in [0.25, 0.3) is 0 Å². The first-order chi connectivity index (χ1) is 10.0. The van der Waals surface area contributed by atoms with Crippen LogP contribution in [0.1, 0.15) is 55.2 Å². The van der Waals surface area contributed by atoms with Gasteiger partial charge >= 0.3 is 0 Å². The number of likely N-dealkylation sites (tertiary alicyclic amines) is 1. The van der Waals surface area contributed by atoms with Gasteiger partial charge in [0.2, 0.25) is 0 Å². The Morgan fingerprint density at radius 2 is 2.19 bits per heavy atom. The average Bonchev–Trinajstić information content (AvgIpc) is 3.10. The second kappa shape index (κ2) is 5.64. The van der Waals surface area contributed by atoms with Gasteiger partial charge in [-0.15, -0.1) is 0 Å². The number of rotatable bonds is 4. The molecule has 5 nitrogen and oxygen atoms in total. The largest absolute Gasteiger partial charge is 0.448 e. The lowest BCUT2D eigenvalue weighted by molar-refractivity contribution is 0.306. The molecule has 3 heterocycles. The number of nitrogens with zero attached hydrogens (tertiary/aromatic N) is 4. The summed E-state index contributed by atoms with van der Waals surface area (Å²) in [6, 6.07) is 2.63. The number of hydrogen-bond donors (Lipinski definition) is 0. The van der Waals surface area contributed by atoms with Crippen LogP contribution in [0.3, 0.4) is 0 Å². The molecule has 1 fully saturated rings. The highest BCUT2D eigenvalue weighted by Crippen LogP contribution is 2.24. The van der Waals surface area contributed by atoms with Crippen molar-refractivity contribution in [3.63, 3.8) is 0 Å². The SMILES string of the molecule is Cc1cc(C)n([C@@H]2CCN(Cc3coc(C(C)C)n3)C2)n1. The first kappa shape index (κ1) is 14.3. The minimum atomic E-state index is 0.347. The van der Waals surface area contributed by atoms with Gasteiger partial charge in [0, 0.05) is 31.2 Å². The van der Waals surface area contributed by atoms with E-state index in [1.54, 1.807) is 6.26 Å². The molecule has 114 valence electrons. The van der Waals surface area contributed by atoms with Gasteiger partial charge in [0.25, 0.3) is 0 Å². The van der Waals surface area contributed by atoms with E-state index in [4.69, 9.17) is 4.42 Å². The smallest absolute Gasteiger partial charge is 0.196 e. The maximum atomic E-state index is 5.51. The fraction of sp³-hybridized carbons (Fsp3) is 0.625. The van der Waals surface area contributed by atoms with Crippen LogP contribution in [0.5, 0.6) is 0 Å². The van der Waals surface area contributed by atoms with Crippen molar-refractivity contribution in [3.8, 4) is 0 Å². The Bertz CT molecular complexity index is 614. The second-order valence-electron chi connectivity index (χ2n) is 6.38. The van der Waals surface area contributed by atoms with E-state index in [-0.39, 0.29) is 0 Å². The molecule has 0 N–H and O–H groups in total. The van der Waals surface area contributed by atoms with Crippen molar-refractivity contribution in [2.45, 2.75) is 52.6 Å². The standard InChI is InChI=1S/C16H24N4O/c1-11(2)16-17-14(10-21-16)8-19-6-5-15(9-19)20-13(4)7-12(3)18-20/h7,10-11,15H,5-6,8-9H2,1-4H3/t15-/m1/s1. The normalized spacial score (nSPS) is 19.8. The fourth-order valence-corrected chi connectivity index (χ4v) is 3.06. The van der Waals surface area contributed by atoms with Crippen LogP contribution in [0, 0.1) is 13.8 Å². The molecule has 0 unspecified atom stereocenters. The third-order valence-electron chi connectivity index (χ3n) is 4.09. The Morgan fingerprint density at radius 3 is 2.81 bits per heavy atom. The minimum absolute atomic E-state index is 0.347. The number of aryl methyl sites for hydroxylation is 2. The van der Waals surface area contributed by atoms with Gasteiger partial charge in [-0.2, -0.15) is 5.10 Å². The molecule has 0 aliphatic carbocycles. The van der Waals surface area contributed by atoms with Gasteiger partial charge in [0.05, 0.1) is 17.4 Å². The molecular weight excluding hydrogens is 264 g/mol. The summed E-state index contributed by atoms with van der Waals surface area (Å²) in [6.45, 7) is 11.4. The van der Waals surface area contributed by atoms with Crippen molar-refractivity contribution >= 4 is 0 Å². The summed E-state index contributed by atoms with van der Waals surface area (Å²) in [5, 5.41) is 4.62. The van der Waals surface area contributed by atoms with Crippen LogP contribution in [0.2, 0.25) is 0 Å². The van der Waals surface area contributed by atoms with E-state index in [1.807, 2.05) is 0 Å². The van der Waals surface area contributed by atoms with Gasteiger partial charge in [-0.1, -0.05) is 13.8 Å². The Hall–Kier alpha value is -1.62. The number of oxazole rings is 1. The first-order valence-electron chi connectivity index (χ1n) is 7.72. The van der Waals surface area contributed by atoms with Crippen molar-refractivity contribution in [2.24, 2.45) is 0 Å². The van der Waals surface area contributed by atoms with Gasteiger partial charge in [0.1, 0.15) is 6.26 Å². The summed E-state index contributed by atoms with van der Waals surface area (Å²) in [5.41, 5.74) is 3.39. The lowest BCUT2D eigenvalue weighted by atomic mass is 10.2. The van der Waals surface area contributed by atoms with Crippen molar-refractivity contribution in [2.75, 3.05) is 13.1 Å². The van der Waals surface area contributed by atoms with E-state index in [2.05, 4.69) is 53.4 Å². The summed E-state index contributed by atoms with van der Waals surface area (Å²) in [4.78, 5) is 7.00. The number of aromatic nitrogens is 3. The molecule has 0 saturated carbocycles. The lowest BCUT2D eigenvalue weighted by Crippen LogP contribution is -2.22. The quantitative estimate of drug-likeness (QED) is 0.867. The predicted octanol–water partition coefficient (Wildman–Crippen LogP) is 3.06. The summed E-state index contributed by atoms with van der Waals surface area (Å²) >= 11 is 0. The average molecular weight is 288 g/mol. The molecule has 1 aliphatic rings. The summed E-state index contributed by atoms with van der Waals surface area (Å²) in [7, 11) is 0. The molecule has 0 radical (unpaired) electrons. The lowest BCUT2D eigenvalue weighted by Gasteiger charge is -2.15. The van der Waals surface area contributed by atoms with Crippen molar-refractivity contribution in [1.82, 2.24) is 19.7 Å². The van der Waals surface area contributed by atoms with Gasteiger partial charge < -0.3 is 4.42 Å². The second-order valence-corrected chi connectivity index (χ2v) is 6.38. The molecule has 0 bridgehead atoms. The van der Waals surface area contributed by atoms with Gasteiger partial charge in [-0.25, -0.2) is 4.98 Å². The van der Waals surface area contributed by atoms with E-state index in [9.17, 15) is 0 Å². The highest BCUT2D eigenvalue weighted by atomic mass is 16.3. The predicted molar refractivity (Wildman–Crippen MR) is 81.2 cm³/mol. The molecule has 2 aromatic heterocycles. The molecule has 0 spiro atoms. The zero-order valence-corrected chi connectivity index (χ0v) is 13.3. The van der Waals surface area contributed by atoms with Crippen LogP contribution in [0.15, 0.2) is 16.7 Å². The molecule has 2 aromatic rings. The van der Waals surface area contributed by atoms with E-state index < -0.39 is 0 Å². The van der Waals surface area contributed by atoms with Crippen molar-refractivity contribution in [1.29, 1.82) is 0 Å². The molecule has 1 aliphatic heterocycles. The van der Waals surface area contributed by atoms with Crippen LogP contribution in [-0.4, -0.2) is 32.8 Å². The highest BCUT2D eigenvalue weighted by Gasteiger charge is 2.26. The summed E-state index contributed by atoms with van der Waals surface area (Å²) in [6.07, 6.45) is 2.95. The Labute approximate surface area is 126 Å². The third kappa shape index (κ3) is 3.02.